The van der Waals surface area contributed by atoms with Gasteiger partial charge in [-0.2, -0.15) is 0 Å². The van der Waals surface area contributed by atoms with E-state index in [1.807, 2.05) is 62.4 Å². The molecule has 0 fully saturated rings. The number of fused-ring (bicyclic) bond motifs is 1. The third-order valence-corrected chi connectivity index (χ3v) is 3.85. The molecule has 0 unspecified atom stereocenters. The van der Waals surface area contributed by atoms with E-state index < -0.39 is 11.8 Å². The zero-order valence-corrected chi connectivity index (χ0v) is 14.6. The summed E-state index contributed by atoms with van der Waals surface area (Å²) in [6.45, 7) is 3.65. The minimum Gasteiger partial charge on any atom is -0.483 e. The van der Waals surface area contributed by atoms with Crippen LogP contribution in [0, 0.1) is 13.8 Å². The van der Waals surface area contributed by atoms with Gasteiger partial charge in [-0.25, -0.2) is 4.98 Å². The van der Waals surface area contributed by atoms with Gasteiger partial charge in [0.1, 0.15) is 11.4 Å². The first-order valence-electron chi connectivity index (χ1n) is 8.18. The van der Waals surface area contributed by atoms with Gasteiger partial charge in [0.2, 0.25) is 0 Å². The third-order valence-electron chi connectivity index (χ3n) is 3.85. The number of carbonyl (C=O) groups excluding carboxylic acids is 2. The van der Waals surface area contributed by atoms with Crippen molar-refractivity contribution in [3.63, 3.8) is 0 Å². The summed E-state index contributed by atoms with van der Waals surface area (Å²) in [7, 11) is 0. The second kappa shape index (κ2) is 7.65. The molecule has 0 spiro atoms. The highest BCUT2D eigenvalue weighted by Gasteiger charge is 2.10. The lowest BCUT2D eigenvalue weighted by molar-refractivity contribution is -0.123. The number of hydrogen-bond donors (Lipinski definition) is 2. The van der Waals surface area contributed by atoms with E-state index in [2.05, 4.69) is 15.8 Å². The van der Waals surface area contributed by atoms with Gasteiger partial charge in [-0.05, 0) is 43.2 Å². The fraction of sp³-hybridized carbons (Fsp3) is 0.150. The number of nitrogens with one attached hydrogen (secondary N) is 2. The average molecular weight is 349 g/mol. The number of ether oxygens (including phenoxy) is 1. The van der Waals surface area contributed by atoms with Gasteiger partial charge >= 0.3 is 0 Å². The molecule has 0 aliphatic heterocycles. The summed E-state index contributed by atoms with van der Waals surface area (Å²) in [6.07, 6.45) is 0. The van der Waals surface area contributed by atoms with Crippen molar-refractivity contribution in [3.05, 3.63) is 71.4 Å². The lowest BCUT2D eigenvalue weighted by Gasteiger charge is -2.11. The Balaban J connectivity index is 1.54. The molecule has 26 heavy (non-hydrogen) atoms. The summed E-state index contributed by atoms with van der Waals surface area (Å²) >= 11 is 0. The Labute approximate surface area is 151 Å². The van der Waals surface area contributed by atoms with Crippen LogP contribution in [0.2, 0.25) is 0 Å². The minimum absolute atomic E-state index is 0.199. The number of benzene rings is 2. The molecule has 0 atom stereocenters. The number of aryl methyl sites for hydroxylation is 2. The lowest BCUT2D eigenvalue weighted by atomic mass is 10.1. The van der Waals surface area contributed by atoms with E-state index >= 15 is 0 Å². The van der Waals surface area contributed by atoms with Crippen molar-refractivity contribution in [3.8, 4) is 5.75 Å². The normalized spacial score (nSPS) is 10.4. The molecule has 3 rings (SSSR count). The SMILES string of the molecule is Cc1ccc(C)c(OCC(=O)NNC(=O)c2ccc3ccccc3n2)c1. The summed E-state index contributed by atoms with van der Waals surface area (Å²) in [5, 5.41) is 0.940. The topological polar surface area (TPSA) is 80.3 Å². The van der Waals surface area contributed by atoms with Crippen LogP contribution < -0.4 is 15.6 Å². The molecule has 2 aromatic carbocycles. The molecule has 0 bridgehead atoms. The monoisotopic (exact) mass is 349 g/mol. The van der Waals surface area contributed by atoms with Gasteiger partial charge in [0.25, 0.3) is 11.8 Å². The standard InChI is InChI=1S/C20H19N3O3/c1-13-7-8-14(2)18(11-13)26-12-19(24)22-23-20(25)17-10-9-15-5-3-4-6-16(15)21-17/h3-11H,12H2,1-2H3,(H,22,24)(H,23,25). The van der Waals surface area contributed by atoms with Gasteiger partial charge in [0, 0.05) is 5.39 Å². The molecule has 3 aromatic rings. The number of rotatable bonds is 4. The summed E-state index contributed by atoms with van der Waals surface area (Å²) in [6, 6.07) is 16.7. The first-order valence-corrected chi connectivity index (χ1v) is 8.18. The highest BCUT2D eigenvalue weighted by atomic mass is 16.5. The number of carbonyl (C=O) groups is 2. The molecule has 1 heterocycles. The third kappa shape index (κ3) is 4.16. The van der Waals surface area contributed by atoms with Crippen LogP contribution >= 0.6 is 0 Å². The van der Waals surface area contributed by atoms with E-state index in [1.165, 1.54) is 0 Å². The maximum Gasteiger partial charge on any atom is 0.288 e. The van der Waals surface area contributed by atoms with Gasteiger partial charge in [-0.15, -0.1) is 0 Å². The highest BCUT2D eigenvalue weighted by Crippen LogP contribution is 2.18. The van der Waals surface area contributed by atoms with Crippen LogP contribution in [-0.4, -0.2) is 23.4 Å². The van der Waals surface area contributed by atoms with Crippen LogP contribution in [0.1, 0.15) is 21.6 Å². The lowest BCUT2D eigenvalue weighted by Crippen LogP contribution is -2.44. The van der Waals surface area contributed by atoms with Gasteiger partial charge in [-0.1, -0.05) is 36.4 Å². The number of hydrazine groups is 1. The van der Waals surface area contributed by atoms with Crippen molar-refractivity contribution in [2.24, 2.45) is 0 Å². The van der Waals surface area contributed by atoms with Crippen molar-refractivity contribution >= 4 is 22.7 Å². The Morgan fingerprint density at radius 2 is 1.81 bits per heavy atom. The van der Waals surface area contributed by atoms with E-state index in [0.717, 1.165) is 16.5 Å². The fourth-order valence-corrected chi connectivity index (χ4v) is 2.43. The molecule has 132 valence electrons. The van der Waals surface area contributed by atoms with Crippen molar-refractivity contribution in [2.75, 3.05) is 6.61 Å². The van der Waals surface area contributed by atoms with Crippen molar-refractivity contribution in [1.29, 1.82) is 0 Å². The van der Waals surface area contributed by atoms with E-state index in [9.17, 15) is 9.59 Å². The molecule has 0 aliphatic rings. The molecule has 0 saturated carbocycles. The van der Waals surface area contributed by atoms with Crippen LogP contribution in [0.3, 0.4) is 0 Å². The van der Waals surface area contributed by atoms with Gasteiger partial charge < -0.3 is 4.74 Å². The van der Waals surface area contributed by atoms with Crippen molar-refractivity contribution in [2.45, 2.75) is 13.8 Å². The molecule has 0 radical (unpaired) electrons. The van der Waals surface area contributed by atoms with E-state index in [1.54, 1.807) is 6.07 Å². The second-order valence-corrected chi connectivity index (χ2v) is 5.95. The Morgan fingerprint density at radius 1 is 1.00 bits per heavy atom. The number of hydrogen-bond acceptors (Lipinski definition) is 4. The molecule has 0 aliphatic carbocycles. The van der Waals surface area contributed by atoms with E-state index in [4.69, 9.17) is 4.74 Å². The van der Waals surface area contributed by atoms with Crippen molar-refractivity contribution < 1.29 is 14.3 Å². The predicted octanol–water partition coefficient (Wildman–Crippen LogP) is 2.69. The summed E-state index contributed by atoms with van der Waals surface area (Å²) < 4.78 is 5.50. The van der Waals surface area contributed by atoms with Gasteiger partial charge in [0.15, 0.2) is 6.61 Å². The number of amides is 2. The maximum atomic E-state index is 12.1. The smallest absolute Gasteiger partial charge is 0.288 e. The maximum absolute atomic E-state index is 12.1. The van der Waals surface area contributed by atoms with Crippen LogP contribution in [0.4, 0.5) is 0 Å². The average Bonchev–Trinajstić information content (AvgIpc) is 2.66. The molecule has 0 saturated heterocycles. The molecule has 6 heteroatoms. The van der Waals surface area contributed by atoms with Crippen LogP contribution in [0.25, 0.3) is 10.9 Å². The molecular weight excluding hydrogens is 330 g/mol. The van der Waals surface area contributed by atoms with Crippen LogP contribution in [0.15, 0.2) is 54.6 Å². The Kier molecular flexibility index (Phi) is 5.12. The number of nitrogens with zero attached hydrogens (tertiary/aromatic N) is 1. The number of pyridine rings is 1. The summed E-state index contributed by atoms with van der Waals surface area (Å²) in [5.74, 6) is -0.307. The first kappa shape index (κ1) is 17.4. The molecule has 1 aromatic heterocycles. The Hall–Kier alpha value is -3.41. The Bertz CT molecular complexity index is 969. The van der Waals surface area contributed by atoms with Gasteiger partial charge in [-0.3, -0.25) is 20.4 Å². The summed E-state index contributed by atoms with van der Waals surface area (Å²) in [5.41, 5.74) is 7.59. The van der Waals surface area contributed by atoms with E-state index in [-0.39, 0.29) is 12.3 Å². The fourth-order valence-electron chi connectivity index (χ4n) is 2.43. The minimum atomic E-state index is -0.490. The zero-order valence-electron chi connectivity index (χ0n) is 14.6. The molecule has 2 N–H and O–H groups in total. The van der Waals surface area contributed by atoms with Crippen LogP contribution in [0.5, 0.6) is 5.75 Å². The largest absolute Gasteiger partial charge is 0.483 e. The quantitative estimate of drug-likeness (QED) is 0.710. The molecule has 2 amide bonds. The van der Waals surface area contributed by atoms with Crippen molar-refractivity contribution in [1.82, 2.24) is 15.8 Å². The number of aromatic nitrogens is 1. The molecular formula is C20H19N3O3. The first-order chi connectivity index (χ1) is 12.5. The highest BCUT2D eigenvalue weighted by molar-refractivity contribution is 5.95. The van der Waals surface area contributed by atoms with E-state index in [0.29, 0.717) is 11.3 Å². The number of para-hydroxylation sites is 1. The predicted molar refractivity (Wildman–Crippen MR) is 98.8 cm³/mol. The summed E-state index contributed by atoms with van der Waals surface area (Å²) in [4.78, 5) is 28.3. The zero-order chi connectivity index (χ0) is 18.5. The van der Waals surface area contributed by atoms with Gasteiger partial charge in [0.05, 0.1) is 5.52 Å². The van der Waals surface area contributed by atoms with Crippen LogP contribution in [-0.2, 0) is 4.79 Å². The molecule has 6 nitrogen and oxygen atoms in total. The Morgan fingerprint density at radius 3 is 2.65 bits per heavy atom. The second-order valence-electron chi connectivity index (χ2n) is 5.95.